The molecule has 0 saturated carbocycles. The smallest absolute Gasteiger partial charge is 0.261 e. The van der Waals surface area contributed by atoms with Crippen molar-refractivity contribution in [2.24, 2.45) is 0 Å². The molecular formula is C46H78ClN2O3+. The molecule has 0 spiro atoms. The summed E-state index contributed by atoms with van der Waals surface area (Å²) in [4.78, 5) is 13.5. The van der Waals surface area contributed by atoms with Gasteiger partial charge in [-0.2, -0.15) is 0 Å². The van der Waals surface area contributed by atoms with Crippen LogP contribution in [-0.4, -0.2) is 18.6 Å². The Hall–Kier alpha value is -2.27. The maximum Gasteiger partial charge on any atom is 0.261 e. The summed E-state index contributed by atoms with van der Waals surface area (Å²) in [6, 6.07) is 11.7. The number of nitrogens with one attached hydrogen (secondary N) is 1. The van der Waals surface area contributed by atoms with E-state index < -0.39 is 6.10 Å². The van der Waals surface area contributed by atoms with Crippen LogP contribution in [-0.2, 0) is 17.9 Å². The van der Waals surface area contributed by atoms with Gasteiger partial charge in [0.05, 0.1) is 11.6 Å². The lowest BCUT2D eigenvalue weighted by Crippen LogP contribution is -2.43. The first-order chi connectivity index (χ1) is 25.6. The number of aryl methyl sites for hydroxylation is 1. The molecule has 296 valence electrons. The van der Waals surface area contributed by atoms with E-state index in [-0.39, 0.29) is 5.91 Å². The molecule has 1 heterocycles. The lowest BCUT2D eigenvalue weighted by atomic mass is 10.0. The second kappa shape index (κ2) is 32.2. The number of nitrogens with zero attached hydrogens (tertiary/aromatic N) is 1. The zero-order valence-electron chi connectivity index (χ0n) is 33.9. The van der Waals surface area contributed by atoms with Crippen LogP contribution in [0.2, 0.25) is 5.02 Å². The first-order valence-electron chi connectivity index (χ1n) is 21.9. The van der Waals surface area contributed by atoms with Crippen LogP contribution in [0.4, 0.5) is 0 Å². The van der Waals surface area contributed by atoms with E-state index in [4.69, 9.17) is 21.1 Å². The van der Waals surface area contributed by atoms with Crippen molar-refractivity contribution in [3.05, 3.63) is 53.3 Å². The van der Waals surface area contributed by atoms with Crippen molar-refractivity contribution < 1.29 is 18.8 Å². The highest BCUT2D eigenvalue weighted by Crippen LogP contribution is 2.30. The Morgan fingerprint density at radius 1 is 0.654 bits per heavy atom. The number of ether oxygens (including phenoxy) is 2. The molecule has 2 rings (SSSR count). The molecule has 5 nitrogen and oxygen atoms in total. The normalized spacial score (nSPS) is 11.8. The van der Waals surface area contributed by atoms with Gasteiger partial charge in [0, 0.05) is 18.2 Å². The van der Waals surface area contributed by atoms with Crippen molar-refractivity contribution in [3.8, 4) is 11.5 Å². The molecule has 1 aromatic carbocycles. The lowest BCUT2D eigenvalue weighted by molar-refractivity contribution is -0.701. The van der Waals surface area contributed by atoms with Gasteiger partial charge < -0.3 is 14.8 Å². The minimum atomic E-state index is -0.569. The molecule has 6 heteroatoms. The number of unbranched alkanes of at least 4 members (excludes halogenated alkanes) is 24. The Morgan fingerprint density at radius 3 is 1.65 bits per heavy atom. The minimum absolute atomic E-state index is 0.0791. The highest BCUT2D eigenvalue weighted by molar-refractivity contribution is 6.32. The van der Waals surface area contributed by atoms with Gasteiger partial charge in [0.25, 0.3) is 5.91 Å². The van der Waals surface area contributed by atoms with E-state index in [0.29, 0.717) is 36.1 Å². The molecule has 2 aromatic rings. The fraction of sp³-hybridized carbons (Fsp3) is 0.739. The zero-order chi connectivity index (χ0) is 37.3. The highest BCUT2D eigenvalue weighted by Gasteiger charge is 2.22. The summed E-state index contributed by atoms with van der Waals surface area (Å²) in [5.74, 6) is 1.21. The fourth-order valence-electron chi connectivity index (χ4n) is 7.00. The third-order valence-corrected chi connectivity index (χ3v) is 10.7. The van der Waals surface area contributed by atoms with Crippen molar-refractivity contribution in [3.63, 3.8) is 0 Å². The van der Waals surface area contributed by atoms with Gasteiger partial charge in [-0.15, -0.1) is 0 Å². The largest absolute Gasteiger partial charge is 0.492 e. The SMILES string of the molecule is CCCCCCCCCCCCCCCCC(Oc1ccc(OCCCCCCCCCCCCCC)c(Cl)c1)C(=O)NCc1cccc[n+]1CC. The van der Waals surface area contributed by atoms with Crippen LogP contribution in [0, 0.1) is 0 Å². The molecule has 1 atom stereocenters. The average Bonchev–Trinajstić information content (AvgIpc) is 3.16. The third kappa shape index (κ3) is 22.7. The Balaban J connectivity index is 1.73. The van der Waals surface area contributed by atoms with Crippen LogP contribution in [0.25, 0.3) is 0 Å². The number of benzene rings is 1. The van der Waals surface area contributed by atoms with Gasteiger partial charge in [-0.1, -0.05) is 186 Å². The van der Waals surface area contributed by atoms with Gasteiger partial charge in [-0.3, -0.25) is 4.79 Å². The molecule has 0 aliphatic carbocycles. The van der Waals surface area contributed by atoms with Crippen LogP contribution in [0.5, 0.6) is 11.5 Å². The van der Waals surface area contributed by atoms with Crippen LogP contribution in [0.15, 0.2) is 42.6 Å². The molecule has 52 heavy (non-hydrogen) atoms. The Morgan fingerprint density at radius 2 is 1.15 bits per heavy atom. The monoisotopic (exact) mass is 742 g/mol. The average molecular weight is 743 g/mol. The summed E-state index contributed by atoms with van der Waals surface area (Å²) in [5, 5.41) is 3.67. The van der Waals surface area contributed by atoms with Crippen LogP contribution < -0.4 is 19.4 Å². The number of hydrogen-bond donors (Lipinski definition) is 1. The minimum Gasteiger partial charge on any atom is -0.492 e. The van der Waals surface area contributed by atoms with Crippen molar-refractivity contribution in [1.82, 2.24) is 5.32 Å². The van der Waals surface area contributed by atoms with Gasteiger partial charge in [-0.25, -0.2) is 4.57 Å². The number of aromatic nitrogens is 1. The number of pyridine rings is 1. The molecule has 0 fully saturated rings. The maximum absolute atomic E-state index is 13.5. The van der Waals surface area contributed by atoms with Crippen molar-refractivity contribution in [2.45, 2.75) is 213 Å². The molecule has 0 aliphatic heterocycles. The molecule has 1 amide bonds. The van der Waals surface area contributed by atoms with E-state index in [1.165, 1.54) is 148 Å². The van der Waals surface area contributed by atoms with Crippen molar-refractivity contribution >= 4 is 17.5 Å². The lowest BCUT2D eigenvalue weighted by Gasteiger charge is -2.19. The van der Waals surface area contributed by atoms with E-state index in [0.717, 1.165) is 31.5 Å². The second-order valence-electron chi connectivity index (χ2n) is 15.0. The summed E-state index contributed by atoms with van der Waals surface area (Å²) in [6.07, 6.45) is 36.3. The number of amides is 1. The molecule has 0 aliphatic rings. The van der Waals surface area contributed by atoms with E-state index in [1.807, 2.05) is 30.5 Å². The summed E-state index contributed by atoms with van der Waals surface area (Å²) >= 11 is 6.65. The van der Waals surface area contributed by atoms with Crippen molar-refractivity contribution in [1.29, 1.82) is 0 Å². The van der Waals surface area contributed by atoms with E-state index in [1.54, 1.807) is 6.07 Å². The maximum atomic E-state index is 13.5. The van der Waals surface area contributed by atoms with Crippen LogP contribution >= 0.6 is 11.6 Å². The topological polar surface area (TPSA) is 51.4 Å². The standard InChI is InChI=1S/C46H77ClN2O3/c1-4-7-9-11-13-15-17-19-20-21-23-25-27-29-34-45(46(50)48-40-41-33-30-31-37-49(41)6-3)52-42-35-36-44(43(47)39-42)51-38-32-28-26-24-22-18-16-14-12-10-8-5-2/h30-31,33,35-37,39,45H,4-29,32,34,38,40H2,1-3H3/p+1. The Bertz CT molecular complexity index is 1140. The molecular weight excluding hydrogens is 664 g/mol. The summed E-state index contributed by atoms with van der Waals surface area (Å²) in [6.45, 7) is 8.67. The third-order valence-electron chi connectivity index (χ3n) is 10.4. The van der Waals surface area contributed by atoms with E-state index >= 15 is 0 Å². The van der Waals surface area contributed by atoms with Gasteiger partial charge in [0.2, 0.25) is 5.69 Å². The van der Waals surface area contributed by atoms with Crippen molar-refractivity contribution in [2.75, 3.05) is 6.61 Å². The molecule has 1 aromatic heterocycles. The van der Waals surface area contributed by atoms with Crippen LogP contribution in [0.1, 0.15) is 200 Å². The van der Waals surface area contributed by atoms with Gasteiger partial charge in [-0.05, 0) is 38.3 Å². The van der Waals surface area contributed by atoms with E-state index in [2.05, 4.69) is 36.7 Å². The van der Waals surface area contributed by atoms with Crippen LogP contribution in [0.3, 0.4) is 0 Å². The van der Waals surface area contributed by atoms with Gasteiger partial charge >= 0.3 is 0 Å². The Kier molecular flexibility index (Phi) is 28.4. The number of carbonyl (C=O) groups excluding carboxylic acids is 1. The zero-order valence-corrected chi connectivity index (χ0v) is 34.6. The van der Waals surface area contributed by atoms with Gasteiger partial charge in [0.1, 0.15) is 24.6 Å². The quantitative estimate of drug-likeness (QED) is 0.0565. The number of carbonyl (C=O) groups is 1. The number of hydrogen-bond acceptors (Lipinski definition) is 3. The Labute approximate surface area is 325 Å². The first-order valence-corrected chi connectivity index (χ1v) is 22.3. The number of rotatable bonds is 35. The van der Waals surface area contributed by atoms with Gasteiger partial charge in [0.15, 0.2) is 12.3 Å². The first kappa shape index (κ1) is 45.9. The summed E-state index contributed by atoms with van der Waals surface area (Å²) in [7, 11) is 0. The summed E-state index contributed by atoms with van der Waals surface area (Å²) in [5.41, 5.74) is 1.08. The molecule has 0 saturated heterocycles. The molecule has 1 unspecified atom stereocenters. The van der Waals surface area contributed by atoms with E-state index in [9.17, 15) is 4.79 Å². The molecule has 0 radical (unpaired) electrons. The predicted octanol–water partition coefficient (Wildman–Crippen LogP) is 13.7. The highest BCUT2D eigenvalue weighted by atomic mass is 35.5. The summed E-state index contributed by atoms with van der Waals surface area (Å²) < 4.78 is 14.5. The molecule has 0 bridgehead atoms. The number of halogens is 1. The fourth-order valence-corrected chi connectivity index (χ4v) is 7.23. The molecule has 1 N–H and O–H groups in total. The predicted molar refractivity (Wildman–Crippen MR) is 222 cm³/mol. The second-order valence-corrected chi connectivity index (χ2v) is 15.4.